The number of nitrogens with zero attached hydrogens (tertiary/aromatic N) is 2. The minimum absolute atomic E-state index is 0.195. The Balaban J connectivity index is 1.46. The quantitative estimate of drug-likeness (QED) is 0.407. The number of fused-ring (bicyclic) bond motifs is 3. The van der Waals surface area contributed by atoms with Gasteiger partial charge in [0.15, 0.2) is 11.5 Å². The summed E-state index contributed by atoms with van der Waals surface area (Å²) in [5.74, 6) is 0.985. The van der Waals surface area contributed by atoms with Crippen molar-refractivity contribution in [1.82, 2.24) is 20.1 Å². The molecule has 0 atom stereocenters. The van der Waals surface area contributed by atoms with Gasteiger partial charge in [-0.3, -0.25) is 19.7 Å². The molecule has 2 aromatic heterocycles. The van der Waals surface area contributed by atoms with Crippen molar-refractivity contribution in [3.63, 3.8) is 0 Å². The number of carbonyl (C=O) groups excluding carboxylic acids is 1. The highest BCUT2D eigenvalue weighted by Gasteiger charge is 2.14. The van der Waals surface area contributed by atoms with Crippen molar-refractivity contribution in [3.05, 3.63) is 94.4 Å². The third-order valence-corrected chi connectivity index (χ3v) is 5.70. The van der Waals surface area contributed by atoms with Gasteiger partial charge in [-0.25, -0.2) is 4.68 Å². The first-order chi connectivity index (χ1) is 16.6. The van der Waals surface area contributed by atoms with E-state index in [1.807, 2.05) is 42.5 Å². The monoisotopic (exact) mass is 454 g/mol. The summed E-state index contributed by atoms with van der Waals surface area (Å²) in [6, 6.07) is 20.0. The highest BCUT2D eigenvalue weighted by Crippen LogP contribution is 2.27. The molecule has 2 N–H and O–H groups in total. The topological polar surface area (TPSA) is 98.2 Å². The second-order valence-electron chi connectivity index (χ2n) is 7.74. The molecule has 0 aliphatic carbocycles. The van der Waals surface area contributed by atoms with Crippen LogP contribution in [0.15, 0.2) is 77.7 Å². The molecule has 5 rings (SSSR count). The van der Waals surface area contributed by atoms with Gasteiger partial charge in [-0.15, -0.1) is 0 Å². The van der Waals surface area contributed by atoms with Gasteiger partial charge in [0.2, 0.25) is 0 Å². The van der Waals surface area contributed by atoms with E-state index in [-0.39, 0.29) is 11.5 Å². The van der Waals surface area contributed by atoms with Crippen molar-refractivity contribution < 1.29 is 14.3 Å². The van der Waals surface area contributed by atoms with E-state index in [9.17, 15) is 9.59 Å². The van der Waals surface area contributed by atoms with Crippen molar-refractivity contribution in [3.8, 4) is 17.2 Å². The fourth-order valence-electron chi connectivity index (χ4n) is 3.93. The van der Waals surface area contributed by atoms with Crippen molar-refractivity contribution >= 4 is 27.7 Å². The number of amides is 1. The Labute approximate surface area is 194 Å². The van der Waals surface area contributed by atoms with Gasteiger partial charge in [-0.1, -0.05) is 24.3 Å². The second kappa shape index (κ2) is 8.74. The van der Waals surface area contributed by atoms with Gasteiger partial charge < -0.3 is 14.8 Å². The Morgan fingerprint density at radius 2 is 1.76 bits per heavy atom. The molecule has 0 spiro atoms. The summed E-state index contributed by atoms with van der Waals surface area (Å²) < 4.78 is 12.1. The normalized spacial score (nSPS) is 11.0. The first-order valence-electron chi connectivity index (χ1n) is 10.7. The SMILES string of the molecule is COc1ccc(CNC(=O)c2ccc3ncc4c(=O)n(-c5ccccc5)[nH]c4c3c2)cc1OC. The van der Waals surface area contributed by atoms with Gasteiger partial charge in [0.05, 0.1) is 36.3 Å². The first kappa shape index (κ1) is 21.3. The van der Waals surface area contributed by atoms with E-state index in [1.165, 1.54) is 4.68 Å². The zero-order valence-corrected chi connectivity index (χ0v) is 18.7. The van der Waals surface area contributed by atoms with Crippen molar-refractivity contribution in [2.45, 2.75) is 6.54 Å². The maximum atomic E-state index is 12.9. The summed E-state index contributed by atoms with van der Waals surface area (Å²) in [5, 5.41) is 7.26. The van der Waals surface area contributed by atoms with E-state index < -0.39 is 0 Å². The predicted molar refractivity (Wildman–Crippen MR) is 130 cm³/mol. The average molecular weight is 454 g/mol. The number of hydrogen-bond acceptors (Lipinski definition) is 5. The Bertz CT molecular complexity index is 1570. The van der Waals surface area contributed by atoms with Crippen LogP contribution in [0.25, 0.3) is 27.5 Å². The molecular weight excluding hydrogens is 432 g/mol. The Morgan fingerprint density at radius 3 is 2.53 bits per heavy atom. The molecule has 0 unspecified atom stereocenters. The van der Waals surface area contributed by atoms with Gasteiger partial charge in [0.25, 0.3) is 11.5 Å². The number of H-pyrrole nitrogens is 1. The zero-order valence-electron chi connectivity index (χ0n) is 18.7. The molecule has 0 bridgehead atoms. The van der Waals surface area contributed by atoms with Gasteiger partial charge >= 0.3 is 0 Å². The molecule has 0 saturated carbocycles. The largest absolute Gasteiger partial charge is 0.493 e. The van der Waals surface area contributed by atoms with E-state index in [0.29, 0.717) is 45.4 Å². The molecular formula is C26H22N4O4. The summed E-state index contributed by atoms with van der Waals surface area (Å²) in [4.78, 5) is 30.3. The van der Waals surface area contributed by atoms with Crippen LogP contribution in [0.5, 0.6) is 11.5 Å². The highest BCUT2D eigenvalue weighted by molar-refractivity contribution is 6.06. The lowest BCUT2D eigenvalue weighted by molar-refractivity contribution is 0.0951. The number of aromatic nitrogens is 3. The van der Waals surface area contributed by atoms with Crippen molar-refractivity contribution in [2.75, 3.05) is 14.2 Å². The van der Waals surface area contributed by atoms with Crippen LogP contribution in [-0.4, -0.2) is 34.9 Å². The predicted octanol–water partition coefficient (Wildman–Crippen LogP) is 3.81. The number of para-hydroxylation sites is 1. The molecule has 3 aromatic carbocycles. The lowest BCUT2D eigenvalue weighted by atomic mass is 10.1. The minimum Gasteiger partial charge on any atom is -0.493 e. The molecule has 0 aliphatic heterocycles. The lowest BCUT2D eigenvalue weighted by Crippen LogP contribution is -2.22. The Hall–Kier alpha value is -4.59. The molecule has 1 amide bonds. The molecule has 34 heavy (non-hydrogen) atoms. The fourth-order valence-corrected chi connectivity index (χ4v) is 3.93. The summed E-state index contributed by atoms with van der Waals surface area (Å²) >= 11 is 0. The number of pyridine rings is 1. The maximum Gasteiger partial charge on any atom is 0.280 e. The summed E-state index contributed by atoms with van der Waals surface area (Å²) in [6.07, 6.45) is 1.56. The maximum absolute atomic E-state index is 12.9. The molecule has 170 valence electrons. The lowest BCUT2D eigenvalue weighted by Gasteiger charge is -2.10. The third kappa shape index (κ3) is 3.75. The molecule has 0 saturated heterocycles. The van der Waals surface area contributed by atoms with Crippen LogP contribution in [-0.2, 0) is 6.54 Å². The van der Waals surface area contributed by atoms with Crippen LogP contribution in [0.3, 0.4) is 0 Å². The van der Waals surface area contributed by atoms with Gasteiger partial charge in [-0.2, -0.15) is 0 Å². The Morgan fingerprint density at radius 1 is 0.971 bits per heavy atom. The summed E-state index contributed by atoms with van der Waals surface area (Å²) in [6.45, 7) is 0.320. The van der Waals surface area contributed by atoms with Crippen LogP contribution >= 0.6 is 0 Å². The van der Waals surface area contributed by atoms with Gasteiger partial charge in [-0.05, 0) is 48.0 Å². The van der Waals surface area contributed by atoms with E-state index in [0.717, 1.165) is 11.3 Å². The summed E-state index contributed by atoms with van der Waals surface area (Å²) in [7, 11) is 3.14. The smallest absolute Gasteiger partial charge is 0.280 e. The van der Waals surface area contributed by atoms with E-state index in [2.05, 4.69) is 15.4 Å². The van der Waals surface area contributed by atoms with Crippen molar-refractivity contribution in [1.29, 1.82) is 0 Å². The second-order valence-corrected chi connectivity index (χ2v) is 7.74. The number of carbonyl (C=O) groups is 1. The van der Waals surface area contributed by atoms with Crippen LogP contribution < -0.4 is 20.3 Å². The van der Waals surface area contributed by atoms with Crippen LogP contribution in [0, 0.1) is 0 Å². The van der Waals surface area contributed by atoms with Crippen LogP contribution in [0.4, 0.5) is 0 Å². The first-order valence-corrected chi connectivity index (χ1v) is 10.7. The van der Waals surface area contributed by atoms with E-state index >= 15 is 0 Å². The number of benzene rings is 3. The molecule has 8 heteroatoms. The summed E-state index contributed by atoms with van der Waals surface area (Å²) in [5.41, 5.74) is 3.19. The average Bonchev–Trinajstić information content (AvgIpc) is 3.24. The van der Waals surface area contributed by atoms with E-state index in [4.69, 9.17) is 9.47 Å². The number of nitrogens with one attached hydrogen (secondary N) is 2. The van der Waals surface area contributed by atoms with Crippen LogP contribution in [0.1, 0.15) is 15.9 Å². The number of methoxy groups -OCH3 is 2. The van der Waals surface area contributed by atoms with Gasteiger partial charge in [0.1, 0.15) is 0 Å². The standard InChI is InChI=1S/C26H22N4O4/c1-33-22-11-8-16(12-23(22)34-2)14-28-25(31)17-9-10-21-19(13-17)24-20(15-27-21)26(32)30(29-24)18-6-4-3-5-7-18/h3-13,15,29H,14H2,1-2H3,(H,28,31). The number of ether oxygens (including phenoxy) is 2. The fraction of sp³-hybridized carbons (Fsp3) is 0.115. The van der Waals surface area contributed by atoms with Crippen molar-refractivity contribution in [2.24, 2.45) is 0 Å². The number of aromatic amines is 1. The molecule has 8 nitrogen and oxygen atoms in total. The molecule has 0 aliphatic rings. The molecule has 5 aromatic rings. The Kier molecular flexibility index (Phi) is 5.47. The third-order valence-electron chi connectivity index (χ3n) is 5.70. The minimum atomic E-state index is -0.237. The van der Waals surface area contributed by atoms with E-state index in [1.54, 1.807) is 44.7 Å². The number of hydrogen-bond donors (Lipinski definition) is 2. The number of rotatable bonds is 6. The highest BCUT2D eigenvalue weighted by atomic mass is 16.5. The van der Waals surface area contributed by atoms with Crippen LogP contribution in [0.2, 0.25) is 0 Å². The molecule has 2 heterocycles. The zero-order chi connectivity index (χ0) is 23.7. The molecule has 0 radical (unpaired) electrons. The molecule has 0 fully saturated rings. The van der Waals surface area contributed by atoms with Gasteiger partial charge in [0, 0.05) is 23.7 Å².